The lowest BCUT2D eigenvalue weighted by molar-refractivity contribution is -0.134. The zero-order valence-corrected chi connectivity index (χ0v) is 10.0. The molecule has 0 unspecified atom stereocenters. The number of carbonyl (C=O) groups is 2. The van der Waals surface area contributed by atoms with Crippen LogP contribution in [0, 0.1) is 0 Å². The van der Waals surface area contributed by atoms with Crippen molar-refractivity contribution >= 4 is 28.8 Å². The third kappa shape index (κ3) is 3.24. The number of nitrogens with zero attached hydrogens (tertiary/aromatic N) is 2. The van der Waals surface area contributed by atoms with Crippen molar-refractivity contribution in [2.45, 2.75) is 6.42 Å². The lowest BCUT2D eigenvalue weighted by atomic mass is 10.3. The molecule has 6 nitrogen and oxygen atoms in total. The fraction of sp³-hybridized carbons (Fsp3) is 0.500. The highest BCUT2D eigenvalue weighted by Gasteiger charge is 2.18. The van der Waals surface area contributed by atoms with Crippen LogP contribution in [0.25, 0.3) is 0 Å². The maximum absolute atomic E-state index is 11.9. The van der Waals surface area contributed by atoms with E-state index < -0.39 is 0 Å². The first-order chi connectivity index (χ1) is 8.29. The number of carbonyl (C=O) groups excluding carboxylic acids is 2. The lowest BCUT2D eigenvalue weighted by Crippen LogP contribution is -2.41. The van der Waals surface area contributed by atoms with Gasteiger partial charge in [-0.1, -0.05) is 0 Å². The van der Waals surface area contributed by atoms with Crippen LogP contribution in [0.5, 0.6) is 0 Å². The molecule has 0 bridgehead atoms. The van der Waals surface area contributed by atoms with Crippen molar-refractivity contribution in [3.63, 3.8) is 0 Å². The fourth-order valence-corrected chi connectivity index (χ4v) is 2.25. The third-order valence-electron chi connectivity index (χ3n) is 2.43. The number of thiazole rings is 1. The topological polar surface area (TPSA) is 71.5 Å². The zero-order valence-electron chi connectivity index (χ0n) is 9.22. The van der Waals surface area contributed by atoms with Gasteiger partial charge in [0.15, 0.2) is 5.13 Å². The van der Waals surface area contributed by atoms with Gasteiger partial charge < -0.3 is 15.0 Å². The van der Waals surface area contributed by atoms with Crippen molar-refractivity contribution in [3.05, 3.63) is 11.1 Å². The minimum absolute atomic E-state index is 0.0521. The number of hydrogen-bond acceptors (Lipinski definition) is 5. The number of hydrogen-bond donors (Lipinski definition) is 1. The molecule has 1 fully saturated rings. The van der Waals surface area contributed by atoms with Gasteiger partial charge in [0, 0.05) is 18.5 Å². The van der Waals surface area contributed by atoms with Crippen molar-refractivity contribution in [1.82, 2.24) is 9.88 Å². The lowest BCUT2D eigenvalue weighted by Gasteiger charge is -2.26. The molecule has 92 valence electrons. The summed E-state index contributed by atoms with van der Waals surface area (Å²) in [5.41, 5.74) is 0.691. The normalized spacial score (nSPS) is 15.6. The molecule has 0 aromatic carbocycles. The summed E-state index contributed by atoms with van der Waals surface area (Å²) in [5, 5.41) is 4.76. The quantitative estimate of drug-likeness (QED) is 0.775. The maximum Gasteiger partial charge on any atom is 0.228 e. The van der Waals surface area contributed by atoms with Crippen LogP contribution in [0.2, 0.25) is 0 Å². The van der Waals surface area contributed by atoms with E-state index in [2.05, 4.69) is 10.3 Å². The van der Waals surface area contributed by atoms with Gasteiger partial charge in [0.05, 0.1) is 25.3 Å². The Morgan fingerprint density at radius 3 is 3.06 bits per heavy atom. The van der Waals surface area contributed by atoms with Crippen LogP contribution >= 0.6 is 11.3 Å². The van der Waals surface area contributed by atoms with Gasteiger partial charge in [-0.05, 0) is 0 Å². The Morgan fingerprint density at radius 1 is 1.59 bits per heavy atom. The van der Waals surface area contributed by atoms with Gasteiger partial charge in [-0.3, -0.25) is 9.59 Å². The average Bonchev–Trinajstić information content (AvgIpc) is 2.78. The van der Waals surface area contributed by atoms with Crippen LogP contribution in [0.15, 0.2) is 5.38 Å². The molecule has 2 heterocycles. The van der Waals surface area contributed by atoms with E-state index in [9.17, 15) is 9.59 Å². The van der Waals surface area contributed by atoms with Gasteiger partial charge in [0.25, 0.3) is 0 Å². The van der Waals surface area contributed by atoms with Crippen LogP contribution in [0.4, 0.5) is 5.13 Å². The Morgan fingerprint density at radius 2 is 2.35 bits per heavy atom. The number of morpholine rings is 1. The first-order valence-electron chi connectivity index (χ1n) is 5.29. The highest BCUT2D eigenvalue weighted by atomic mass is 32.1. The van der Waals surface area contributed by atoms with Gasteiger partial charge in [-0.2, -0.15) is 0 Å². The molecule has 17 heavy (non-hydrogen) atoms. The molecule has 0 saturated carbocycles. The summed E-state index contributed by atoms with van der Waals surface area (Å²) in [6.07, 6.45) is 0.851. The summed E-state index contributed by atoms with van der Waals surface area (Å²) in [6.45, 7) is 2.48. The summed E-state index contributed by atoms with van der Waals surface area (Å²) in [5.74, 6) is 0.0521. The molecule has 7 heteroatoms. The van der Waals surface area contributed by atoms with Gasteiger partial charge >= 0.3 is 0 Å². The first kappa shape index (κ1) is 12.0. The highest BCUT2D eigenvalue weighted by molar-refractivity contribution is 7.13. The van der Waals surface area contributed by atoms with Crippen LogP contribution in [-0.2, 0) is 20.7 Å². The monoisotopic (exact) mass is 255 g/mol. The molecule has 1 N–H and O–H groups in total. The van der Waals surface area contributed by atoms with E-state index in [4.69, 9.17) is 4.74 Å². The highest BCUT2D eigenvalue weighted by Crippen LogP contribution is 2.15. The molecular weight excluding hydrogens is 242 g/mol. The molecule has 0 radical (unpaired) electrons. The Labute approximate surface area is 103 Å². The van der Waals surface area contributed by atoms with Crippen LogP contribution < -0.4 is 5.32 Å². The fourth-order valence-electron chi connectivity index (χ4n) is 1.58. The molecule has 0 spiro atoms. The minimum Gasteiger partial charge on any atom is -0.378 e. The third-order valence-corrected chi connectivity index (χ3v) is 3.25. The molecule has 1 aliphatic rings. The zero-order chi connectivity index (χ0) is 12.1. The van der Waals surface area contributed by atoms with E-state index >= 15 is 0 Å². The second kappa shape index (κ2) is 5.74. The number of rotatable bonds is 4. The molecule has 2 amide bonds. The summed E-state index contributed by atoms with van der Waals surface area (Å²) in [4.78, 5) is 28.0. The SMILES string of the molecule is O=CNc1nc(CC(=O)N2CCOCC2)cs1. The van der Waals surface area contributed by atoms with Crippen molar-refractivity contribution in [1.29, 1.82) is 0 Å². The van der Waals surface area contributed by atoms with Gasteiger partial charge in [0.1, 0.15) is 0 Å². The van der Waals surface area contributed by atoms with Crippen molar-refractivity contribution in [3.8, 4) is 0 Å². The minimum atomic E-state index is 0.0521. The number of anilines is 1. The summed E-state index contributed by atoms with van der Waals surface area (Å²) >= 11 is 1.31. The van der Waals surface area contributed by atoms with Crippen molar-refractivity contribution in [2.24, 2.45) is 0 Å². The Balaban J connectivity index is 1.90. The largest absolute Gasteiger partial charge is 0.378 e. The summed E-state index contributed by atoms with van der Waals surface area (Å²) in [6, 6.07) is 0. The van der Waals surface area contributed by atoms with Crippen LogP contribution in [0.1, 0.15) is 5.69 Å². The number of ether oxygens (including phenoxy) is 1. The molecule has 1 aromatic rings. The molecule has 1 aromatic heterocycles. The smallest absolute Gasteiger partial charge is 0.228 e. The number of nitrogens with one attached hydrogen (secondary N) is 1. The Hall–Kier alpha value is -1.47. The standard InChI is InChI=1S/C10H13N3O3S/c14-7-11-10-12-8(6-17-10)5-9(15)13-1-3-16-4-2-13/h6-7H,1-5H2,(H,11,12,14). The number of aromatic nitrogens is 1. The van der Waals surface area contributed by atoms with E-state index in [0.717, 1.165) is 0 Å². The van der Waals surface area contributed by atoms with Crippen molar-refractivity contribution in [2.75, 3.05) is 31.6 Å². The van der Waals surface area contributed by atoms with E-state index in [0.29, 0.717) is 43.5 Å². The summed E-state index contributed by atoms with van der Waals surface area (Å²) < 4.78 is 5.18. The van der Waals surface area contributed by atoms with E-state index in [1.54, 1.807) is 10.3 Å². The van der Waals surface area contributed by atoms with Gasteiger partial charge in [0.2, 0.25) is 12.3 Å². The van der Waals surface area contributed by atoms with Crippen LogP contribution in [-0.4, -0.2) is 48.5 Å². The number of amides is 2. The van der Waals surface area contributed by atoms with Gasteiger partial charge in [-0.15, -0.1) is 11.3 Å². The predicted molar refractivity (Wildman–Crippen MR) is 62.9 cm³/mol. The maximum atomic E-state index is 11.9. The average molecular weight is 255 g/mol. The second-order valence-corrected chi connectivity index (χ2v) is 4.43. The van der Waals surface area contributed by atoms with E-state index in [-0.39, 0.29) is 12.3 Å². The van der Waals surface area contributed by atoms with Gasteiger partial charge in [-0.25, -0.2) is 4.98 Å². The van der Waals surface area contributed by atoms with E-state index in [1.165, 1.54) is 11.3 Å². The predicted octanol–water partition coefficient (Wildman–Crippen LogP) is 0.113. The second-order valence-electron chi connectivity index (χ2n) is 3.58. The van der Waals surface area contributed by atoms with Crippen LogP contribution in [0.3, 0.4) is 0 Å². The molecule has 0 aliphatic carbocycles. The molecular formula is C10H13N3O3S. The van der Waals surface area contributed by atoms with E-state index in [1.807, 2.05) is 0 Å². The molecule has 1 aliphatic heterocycles. The summed E-state index contributed by atoms with van der Waals surface area (Å²) in [7, 11) is 0. The molecule has 0 atom stereocenters. The Bertz CT molecular complexity index is 401. The molecule has 2 rings (SSSR count). The van der Waals surface area contributed by atoms with Crippen molar-refractivity contribution < 1.29 is 14.3 Å². The first-order valence-corrected chi connectivity index (χ1v) is 6.17. The Kier molecular flexibility index (Phi) is 4.05. The molecule has 1 saturated heterocycles.